The van der Waals surface area contributed by atoms with Crippen LogP contribution in [0.3, 0.4) is 0 Å². The first-order valence-electron chi connectivity index (χ1n) is 7.11. The highest BCUT2D eigenvalue weighted by atomic mass is 35.5. The molecule has 114 valence electrons. The topological polar surface area (TPSA) is 42.8 Å². The lowest BCUT2D eigenvalue weighted by Gasteiger charge is -2.13. The van der Waals surface area contributed by atoms with Crippen LogP contribution in [-0.2, 0) is 6.61 Å². The fourth-order valence-electron chi connectivity index (χ4n) is 2.30. The molecule has 3 rings (SSSR count). The third-order valence-corrected chi connectivity index (χ3v) is 3.82. The zero-order valence-corrected chi connectivity index (χ0v) is 13.1. The number of halogens is 1. The average molecular weight is 317 g/mol. The molecule has 0 atom stereocenters. The van der Waals surface area contributed by atoms with Crippen molar-refractivity contribution in [3.63, 3.8) is 0 Å². The van der Waals surface area contributed by atoms with Crippen LogP contribution in [0.2, 0.25) is 5.02 Å². The van der Waals surface area contributed by atoms with Crippen molar-refractivity contribution in [1.29, 1.82) is 0 Å². The molecule has 0 amide bonds. The van der Waals surface area contributed by atoms with Crippen molar-refractivity contribution < 1.29 is 9.47 Å². The standard InChI is InChI=1S/C17H17ClN2O2/c1-21-16-10-12(17-19-8-9-20-17)6-7-15(16)22-11-13-4-2-3-5-14(13)18/h2-7,10H,8-9,11H2,1H3,(H,19,20). The van der Waals surface area contributed by atoms with Gasteiger partial charge in [0, 0.05) is 22.7 Å². The average Bonchev–Trinajstić information content (AvgIpc) is 3.08. The van der Waals surface area contributed by atoms with Gasteiger partial charge in [-0.2, -0.15) is 0 Å². The van der Waals surface area contributed by atoms with Gasteiger partial charge in [0.1, 0.15) is 12.4 Å². The first-order chi connectivity index (χ1) is 10.8. The fraction of sp³-hybridized carbons (Fsp3) is 0.235. The van der Waals surface area contributed by atoms with E-state index in [1.807, 2.05) is 42.5 Å². The molecule has 4 nitrogen and oxygen atoms in total. The van der Waals surface area contributed by atoms with Crippen molar-refractivity contribution in [2.24, 2.45) is 4.99 Å². The monoisotopic (exact) mass is 316 g/mol. The Morgan fingerprint density at radius 1 is 1.18 bits per heavy atom. The minimum Gasteiger partial charge on any atom is -0.493 e. The number of methoxy groups -OCH3 is 1. The van der Waals surface area contributed by atoms with E-state index in [1.165, 1.54) is 0 Å². The number of hydrogen-bond donors (Lipinski definition) is 1. The van der Waals surface area contributed by atoms with Gasteiger partial charge in [-0.1, -0.05) is 29.8 Å². The van der Waals surface area contributed by atoms with Crippen molar-refractivity contribution in [1.82, 2.24) is 5.32 Å². The number of aliphatic imine (C=N–C) groups is 1. The number of amidine groups is 1. The summed E-state index contributed by atoms with van der Waals surface area (Å²) in [5, 5.41) is 3.94. The van der Waals surface area contributed by atoms with E-state index < -0.39 is 0 Å². The van der Waals surface area contributed by atoms with Crippen LogP contribution in [0.25, 0.3) is 0 Å². The first kappa shape index (κ1) is 14.7. The predicted molar refractivity (Wildman–Crippen MR) is 88.2 cm³/mol. The van der Waals surface area contributed by atoms with Gasteiger partial charge in [-0.05, 0) is 24.3 Å². The zero-order chi connectivity index (χ0) is 15.4. The quantitative estimate of drug-likeness (QED) is 0.920. The molecular weight excluding hydrogens is 300 g/mol. The van der Waals surface area contributed by atoms with Crippen LogP contribution in [0, 0.1) is 0 Å². The van der Waals surface area contributed by atoms with E-state index in [-0.39, 0.29) is 0 Å². The Labute approximate surface area is 134 Å². The number of benzene rings is 2. The Hall–Kier alpha value is -2.20. The molecule has 0 saturated carbocycles. The molecule has 0 saturated heterocycles. The molecule has 0 fully saturated rings. The van der Waals surface area contributed by atoms with Crippen LogP contribution in [0.15, 0.2) is 47.5 Å². The summed E-state index contributed by atoms with van der Waals surface area (Å²) < 4.78 is 11.3. The van der Waals surface area contributed by atoms with E-state index in [2.05, 4.69) is 10.3 Å². The Bertz CT molecular complexity index is 701. The largest absolute Gasteiger partial charge is 0.493 e. The van der Waals surface area contributed by atoms with Gasteiger partial charge in [0.15, 0.2) is 11.5 Å². The molecule has 1 aliphatic heterocycles. The summed E-state index contributed by atoms with van der Waals surface area (Å²) >= 11 is 6.14. The molecule has 1 N–H and O–H groups in total. The maximum atomic E-state index is 6.14. The highest BCUT2D eigenvalue weighted by Gasteiger charge is 2.12. The first-order valence-corrected chi connectivity index (χ1v) is 7.48. The number of nitrogens with one attached hydrogen (secondary N) is 1. The van der Waals surface area contributed by atoms with Crippen LogP contribution >= 0.6 is 11.6 Å². The van der Waals surface area contributed by atoms with Crippen molar-refractivity contribution in [3.05, 3.63) is 58.6 Å². The van der Waals surface area contributed by atoms with Gasteiger partial charge in [0.25, 0.3) is 0 Å². The normalized spacial score (nSPS) is 13.5. The molecule has 5 heteroatoms. The molecule has 2 aromatic carbocycles. The Balaban J connectivity index is 1.77. The molecule has 0 unspecified atom stereocenters. The fourth-order valence-corrected chi connectivity index (χ4v) is 2.49. The van der Waals surface area contributed by atoms with Gasteiger partial charge in [-0.15, -0.1) is 0 Å². The third-order valence-electron chi connectivity index (χ3n) is 3.45. The summed E-state index contributed by atoms with van der Waals surface area (Å²) in [5.41, 5.74) is 1.94. The second-order valence-corrected chi connectivity index (χ2v) is 5.31. The highest BCUT2D eigenvalue weighted by molar-refractivity contribution is 6.31. The number of hydrogen-bond acceptors (Lipinski definition) is 4. The van der Waals surface area contributed by atoms with Gasteiger partial charge >= 0.3 is 0 Å². The maximum absolute atomic E-state index is 6.14. The van der Waals surface area contributed by atoms with Gasteiger partial charge < -0.3 is 14.8 Å². The summed E-state index contributed by atoms with van der Waals surface area (Å²) in [5.74, 6) is 2.27. The van der Waals surface area contributed by atoms with Crippen LogP contribution in [0.4, 0.5) is 0 Å². The SMILES string of the molecule is COc1cc(C2=NCCN2)ccc1OCc1ccccc1Cl. The molecule has 1 aliphatic rings. The molecule has 0 aliphatic carbocycles. The highest BCUT2D eigenvalue weighted by Crippen LogP contribution is 2.29. The molecule has 1 heterocycles. The minimum absolute atomic E-state index is 0.397. The van der Waals surface area contributed by atoms with E-state index in [4.69, 9.17) is 21.1 Å². The van der Waals surface area contributed by atoms with Gasteiger partial charge in [-0.3, -0.25) is 4.99 Å². The van der Waals surface area contributed by atoms with Gasteiger partial charge in [-0.25, -0.2) is 0 Å². The Morgan fingerprint density at radius 3 is 2.77 bits per heavy atom. The molecule has 0 aromatic heterocycles. The van der Waals surface area contributed by atoms with Crippen LogP contribution in [0.1, 0.15) is 11.1 Å². The van der Waals surface area contributed by atoms with Crippen molar-refractivity contribution >= 4 is 17.4 Å². The maximum Gasteiger partial charge on any atom is 0.161 e. The second-order valence-electron chi connectivity index (χ2n) is 4.90. The molecule has 22 heavy (non-hydrogen) atoms. The van der Waals surface area contributed by atoms with Crippen molar-refractivity contribution in [2.45, 2.75) is 6.61 Å². The van der Waals surface area contributed by atoms with E-state index >= 15 is 0 Å². The van der Waals surface area contributed by atoms with Crippen LogP contribution in [-0.4, -0.2) is 26.0 Å². The van der Waals surface area contributed by atoms with E-state index in [0.29, 0.717) is 23.1 Å². The Morgan fingerprint density at radius 2 is 2.05 bits per heavy atom. The zero-order valence-electron chi connectivity index (χ0n) is 12.3. The van der Waals surface area contributed by atoms with E-state index in [1.54, 1.807) is 7.11 Å². The molecule has 0 spiro atoms. The summed E-state index contributed by atoms with van der Waals surface area (Å²) in [6.45, 7) is 2.08. The lowest BCUT2D eigenvalue weighted by molar-refractivity contribution is 0.284. The van der Waals surface area contributed by atoms with Crippen LogP contribution in [0.5, 0.6) is 11.5 Å². The lowest BCUT2D eigenvalue weighted by atomic mass is 10.2. The van der Waals surface area contributed by atoms with E-state index in [9.17, 15) is 0 Å². The smallest absolute Gasteiger partial charge is 0.161 e. The number of nitrogens with zero attached hydrogens (tertiary/aromatic N) is 1. The molecule has 2 aromatic rings. The summed E-state index contributed by atoms with van der Waals surface area (Å²) in [4.78, 5) is 4.41. The van der Waals surface area contributed by atoms with Gasteiger partial charge in [0.2, 0.25) is 0 Å². The molecule has 0 bridgehead atoms. The molecule has 0 radical (unpaired) electrons. The molecular formula is C17H17ClN2O2. The van der Waals surface area contributed by atoms with Gasteiger partial charge in [0.05, 0.1) is 13.7 Å². The Kier molecular flexibility index (Phi) is 4.49. The summed E-state index contributed by atoms with van der Waals surface area (Å²) in [6.07, 6.45) is 0. The number of ether oxygens (including phenoxy) is 2. The summed E-state index contributed by atoms with van der Waals surface area (Å²) in [6, 6.07) is 13.4. The van der Waals surface area contributed by atoms with Crippen molar-refractivity contribution in [2.75, 3.05) is 20.2 Å². The minimum atomic E-state index is 0.397. The second kappa shape index (κ2) is 6.71. The predicted octanol–water partition coefficient (Wildman–Crippen LogP) is 3.28. The third kappa shape index (κ3) is 3.17. The lowest BCUT2D eigenvalue weighted by Crippen LogP contribution is -2.19. The van der Waals surface area contributed by atoms with Crippen LogP contribution < -0.4 is 14.8 Å². The summed E-state index contributed by atoms with van der Waals surface area (Å²) in [7, 11) is 1.63. The van der Waals surface area contributed by atoms with Crippen molar-refractivity contribution in [3.8, 4) is 11.5 Å². The number of rotatable bonds is 5. The van der Waals surface area contributed by atoms with E-state index in [0.717, 1.165) is 30.1 Å².